The van der Waals surface area contributed by atoms with Crippen LogP contribution in [0.25, 0.3) is 11.1 Å². The Hall–Kier alpha value is -3.35. The molecule has 38 heavy (non-hydrogen) atoms. The Kier molecular flexibility index (Phi) is 6.97. The van der Waals surface area contributed by atoms with Crippen LogP contribution in [0.1, 0.15) is 50.0 Å². The Balaban J connectivity index is 1.24. The van der Waals surface area contributed by atoms with Crippen molar-refractivity contribution in [1.29, 1.82) is 0 Å². The molecule has 1 saturated carbocycles. The van der Waals surface area contributed by atoms with Crippen molar-refractivity contribution in [1.82, 2.24) is 14.9 Å². The van der Waals surface area contributed by atoms with Gasteiger partial charge in [0.25, 0.3) is 0 Å². The highest BCUT2D eigenvalue weighted by atomic mass is 32.2. The van der Waals surface area contributed by atoms with Gasteiger partial charge in [-0.3, -0.25) is 0 Å². The Labute approximate surface area is 217 Å². The average Bonchev–Trinajstić information content (AvgIpc) is 3.31. The summed E-state index contributed by atoms with van der Waals surface area (Å²) in [6.45, 7) is 0.875. The van der Waals surface area contributed by atoms with Crippen LogP contribution in [0.3, 0.4) is 0 Å². The van der Waals surface area contributed by atoms with Gasteiger partial charge in [-0.1, -0.05) is 0 Å². The summed E-state index contributed by atoms with van der Waals surface area (Å²) in [4.78, 5) is 22.5. The van der Waals surface area contributed by atoms with Crippen LogP contribution in [0.15, 0.2) is 40.1 Å². The summed E-state index contributed by atoms with van der Waals surface area (Å²) in [6, 6.07) is 3.55. The molecule has 3 aromatic rings. The first kappa shape index (κ1) is 26.3. The van der Waals surface area contributed by atoms with Gasteiger partial charge >= 0.3 is 6.09 Å². The summed E-state index contributed by atoms with van der Waals surface area (Å²) in [5, 5.41) is 2.84. The van der Waals surface area contributed by atoms with Gasteiger partial charge in [-0.05, 0) is 49.8 Å². The molecule has 2 fully saturated rings. The van der Waals surface area contributed by atoms with Gasteiger partial charge in [0.15, 0.2) is 21.2 Å². The second-order valence-corrected chi connectivity index (χ2v) is 11.8. The molecule has 1 aromatic carbocycles. The monoisotopic (exact) mass is 552 g/mol. The van der Waals surface area contributed by atoms with Crippen molar-refractivity contribution in [3.05, 3.63) is 42.2 Å². The minimum absolute atomic E-state index is 0.0313. The maximum atomic E-state index is 14.6. The molecule has 1 amide bonds. The van der Waals surface area contributed by atoms with E-state index in [1.807, 2.05) is 0 Å². The number of amides is 1. The van der Waals surface area contributed by atoms with Crippen LogP contribution < -0.4 is 5.32 Å². The van der Waals surface area contributed by atoms with E-state index in [0.717, 1.165) is 17.9 Å². The van der Waals surface area contributed by atoms with Crippen LogP contribution in [-0.4, -0.2) is 60.8 Å². The number of nitrogens with one attached hydrogen (secondary N) is 1. The lowest BCUT2D eigenvalue weighted by atomic mass is 9.90. The van der Waals surface area contributed by atoms with E-state index in [1.165, 1.54) is 18.5 Å². The molecule has 204 valence electrons. The molecular formula is C25H27F3N4O5S. The maximum absolute atomic E-state index is 14.6. The largest absolute Gasteiger partial charge is 0.458 e. The first-order chi connectivity index (χ1) is 18.0. The number of hydrogen-bond donors (Lipinski definition) is 1. The van der Waals surface area contributed by atoms with Crippen molar-refractivity contribution in [2.24, 2.45) is 0 Å². The van der Waals surface area contributed by atoms with E-state index in [4.69, 9.17) is 9.15 Å². The van der Waals surface area contributed by atoms with Crippen LogP contribution >= 0.6 is 0 Å². The quantitative estimate of drug-likeness (QED) is 0.447. The number of alkyl halides is 2. The molecule has 0 spiro atoms. The number of benzene rings is 1. The number of anilines is 2. The first-order valence-corrected chi connectivity index (χ1v) is 14.2. The number of aromatic nitrogens is 2. The van der Waals surface area contributed by atoms with Gasteiger partial charge in [-0.25, -0.2) is 36.4 Å². The molecular weight excluding hydrogens is 525 g/mol. The zero-order chi connectivity index (χ0) is 27.1. The third kappa shape index (κ3) is 5.57. The Morgan fingerprint density at radius 2 is 1.87 bits per heavy atom. The number of nitrogens with zero attached hydrogens (tertiary/aromatic N) is 3. The van der Waals surface area contributed by atoms with E-state index in [0.29, 0.717) is 37.0 Å². The third-order valence-electron chi connectivity index (χ3n) is 7.13. The number of fused-ring (bicyclic) bond motifs is 1. The predicted octanol–water partition coefficient (Wildman–Crippen LogP) is 5.40. The number of carbonyl (C=O) groups excluding carboxylic acids is 1. The molecule has 0 unspecified atom stereocenters. The highest BCUT2D eigenvalue weighted by Gasteiger charge is 2.37. The van der Waals surface area contributed by atoms with E-state index in [1.54, 1.807) is 11.2 Å². The number of furan rings is 1. The number of carbonyl (C=O) groups is 1. The van der Waals surface area contributed by atoms with Crippen molar-refractivity contribution >= 4 is 38.5 Å². The highest BCUT2D eigenvalue weighted by Crippen LogP contribution is 2.37. The number of ether oxygens (including phenoxy) is 1. The van der Waals surface area contributed by atoms with Gasteiger partial charge in [-0.2, -0.15) is 0 Å². The average molecular weight is 553 g/mol. The van der Waals surface area contributed by atoms with Crippen molar-refractivity contribution in [3.63, 3.8) is 0 Å². The van der Waals surface area contributed by atoms with Crippen LogP contribution in [-0.2, 0) is 14.6 Å². The van der Waals surface area contributed by atoms with Crippen LogP contribution in [0.2, 0.25) is 0 Å². The summed E-state index contributed by atoms with van der Waals surface area (Å²) in [5.41, 5.74) is 1.74. The van der Waals surface area contributed by atoms with Gasteiger partial charge in [0.1, 0.15) is 23.8 Å². The molecule has 5 rings (SSSR count). The van der Waals surface area contributed by atoms with Crippen molar-refractivity contribution in [3.8, 4) is 0 Å². The summed E-state index contributed by atoms with van der Waals surface area (Å²) in [6.07, 6.45) is 4.00. The van der Waals surface area contributed by atoms with Crippen LogP contribution in [0, 0.1) is 5.82 Å². The molecule has 1 aliphatic carbocycles. The van der Waals surface area contributed by atoms with Gasteiger partial charge < -0.3 is 19.4 Å². The normalized spacial score (nSPS) is 19.0. The third-order valence-corrected chi connectivity index (χ3v) is 8.24. The molecule has 1 aliphatic heterocycles. The SMILES string of the molecule is CS(=O)(=O)c1ccc(Nc2ncnc3c(C4CCN(C(=O)OC5CCC(F)(F)CC5)CC4)coc23)c(F)c1. The van der Waals surface area contributed by atoms with Gasteiger partial charge in [0.05, 0.1) is 16.8 Å². The molecule has 0 radical (unpaired) electrons. The van der Waals surface area contributed by atoms with E-state index in [-0.39, 0.29) is 48.0 Å². The second kappa shape index (κ2) is 10.1. The smallest absolute Gasteiger partial charge is 0.410 e. The Morgan fingerprint density at radius 3 is 2.53 bits per heavy atom. The zero-order valence-electron chi connectivity index (χ0n) is 20.6. The van der Waals surface area contributed by atoms with E-state index < -0.39 is 33.8 Å². The van der Waals surface area contributed by atoms with E-state index >= 15 is 0 Å². The summed E-state index contributed by atoms with van der Waals surface area (Å²) in [7, 11) is -3.55. The highest BCUT2D eigenvalue weighted by molar-refractivity contribution is 7.90. The summed E-state index contributed by atoms with van der Waals surface area (Å²) < 4.78 is 75.8. The Morgan fingerprint density at radius 1 is 1.16 bits per heavy atom. The second-order valence-electron chi connectivity index (χ2n) is 9.83. The molecule has 2 aliphatic rings. The Bertz CT molecular complexity index is 1440. The van der Waals surface area contributed by atoms with Gasteiger partial charge in [-0.15, -0.1) is 0 Å². The van der Waals surface area contributed by atoms with Crippen LogP contribution in [0.4, 0.5) is 29.5 Å². The molecule has 3 heterocycles. The number of rotatable bonds is 5. The molecule has 0 bridgehead atoms. The summed E-state index contributed by atoms with van der Waals surface area (Å²) in [5.74, 6) is -3.16. The van der Waals surface area contributed by atoms with Gasteiger partial charge in [0.2, 0.25) is 5.92 Å². The number of halogens is 3. The minimum atomic E-state index is -3.55. The van der Waals surface area contributed by atoms with Crippen molar-refractivity contribution in [2.45, 2.75) is 61.4 Å². The first-order valence-electron chi connectivity index (χ1n) is 12.3. The van der Waals surface area contributed by atoms with E-state index in [9.17, 15) is 26.4 Å². The fraction of sp³-hybridized carbons (Fsp3) is 0.480. The zero-order valence-corrected chi connectivity index (χ0v) is 21.4. The fourth-order valence-corrected chi connectivity index (χ4v) is 5.56. The molecule has 2 aromatic heterocycles. The van der Waals surface area contributed by atoms with Crippen LogP contribution in [0.5, 0.6) is 0 Å². The molecule has 1 N–H and O–H groups in total. The molecule has 0 atom stereocenters. The van der Waals surface area contributed by atoms with Crippen molar-refractivity contribution < 1.29 is 35.5 Å². The molecule has 9 nitrogen and oxygen atoms in total. The number of likely N-dealkylation sites (tertiary alicyclic amines) is 1. The topological polar surface area (TPSA) is 115 Å². The number of sulfone groups is 1. The molecule has 13 heteroatoms. The number of piperidine rings is 1. The summed E-state index contributed by atoms with van der Waals surface area (Å²) >= 11 is 0. The lowest BCUT2D eigenvalue weighted by Gasteiger charge is -2.33. The molecule has 1 saturated heterocycles. The van der Waals surface area contributed by atoms with Crippen molar-refractivity contribution in [2.75, 3.05) is 24.7 Å². The number of hydrogen-bond acceptors (Lipinski definition) is 8. The lowest BCUT2D eigenvalue weighted by molar-refractivity contribution is -0.0693. The predicted molar refractivity (Wildman–Crippen MR) is 132 cm³/mol. The maximum Gasteiger partial charge on any atom is 0.410 e. The van der Waals surface area contributed by atoms with E-state index in [2.05, 4.69) is 15.3 Å². The minimum Gasteiger partial charge on any atom is -0.458 e. The standard InChI is InChI=1S/C25H27F3N4O5S/c1-38(34,35)17-2-3-20(19(26)12-17)31-23-22-21(29-14-30-23)18(13-36-22)15-6-10-32(11-7-15)24(33)37-16-4-8-25(27,28)9-5-16/h2-3,12-16H,4-11H2,1H3,(H,29,30,31). The fourth-order valence-electron chi connectivity index (χ4n) is 4.92. The van der Waals surface area contributed by atoms with Gasteiger partial charge in [0, 0.05) is 37.8 Å². The lowest BCUT2D eigenvalue weighted by Crippen LogP contribution is -2.41.